The summed E-state index contributed by atoms with van der Waals surface area (Å²) in [5.74, 6) is 0. The molecule has 4 nitrogen and oxygen atoms in total. The third-order valence-corrected chi connectivity index (χ3v) is 0. The van der Waals surface area contributed by atoms with Gasteiger partial charge < -0.3 is 0 Å². The minimum absolute atomic E-state index is 0. The summed E-state index contributed by atoms with van der Waals surface area (Å²) in [4.78, 5) is 0. The molecule has 0 saturated carbocycles. The van der Waals surface area contributed by atoms with Gasteiger partial charge in [0.25, 0.3) is 0 Å². The van der Waals surface area contributed by atoms with E-state index in [-0.39, 0.29) is 17.0 Å². The molecule has 0 heterocycles. The summed E-state index contributed by atoms with van der Waals surface area (Å²) in [7, 11) is 0. The summed E-state index contributed by atoms with van der Waals surface area (Å²) in [6.45, 7) is 0. The molecule has 0 bridgehead atoms. The van der Waals surface area contributed by atoms with Crippen molar-refractivity contribution in [2.75, 3.05) is 0 Å². The third-order valence-electron chi connectivity index (χ3n) is 0. The van der Waals surface area contributed by atoms with Gasteiger partial charge in [0.05, 0.1) is 0 Å². The van der Waals surface area contributed by atoms with Crippen LogP contribution >= 0.6 is 17.0 Å². The van der Waals surface area contributed by atoms with Crippen LogP contribution in [0.3, 0.4) is 0 Å². The molecule has 0 aromatic carbocycles. The molecule has 6 heavy (non-hydrogen) atoms. The molecule has 0 aromatic rings. The first-order valence-corrected chi connectivity index (χ1v) is 4.13. The molecular formula is H2BrMoO4. The first-order chi connectivity index (χ1) is 2.00. The second kappa shape index (κ2) is 2.80. The van der Waals surface area contributed by atoms with Gasteiger partial charge in [-0.1, -0.05) is 0 Å². The molecule has 0 fully saturated rings. The van der Waals surface area contributed by atoms with Crippen molar-refractivity contribution in [1.29, 1.82) is 0 Å². The Morgan fingerprint density at radius 3 is 1.17 bits per heavy atom. The van der Waals surface area contributed by atoms with Crippen molar-refractivity contribution in [3.8, 4) is 0 Å². The normalized spacial score (nSPS) is 9.67. The van der Waals surface area contributed by atoms with E-state index in [0.717, 1.165) is 0 Å². The monoisotopic (exact) mass is 243 g/mol. The van der Waals surface area contributed by atoms with E-state index in [1.165, 1.54) is 0 Å². The van der Waals surface area contributed by atoms with Crippen LogP contribution in [-0.2, 0) is 23.5 Å². The van der Waals surface area contributed by atoms with Crippen LogP contribution in [0.1, 0.15) is 0 Å². The average Bonchev–Trinajstić information content (AvgIpc) is 0.722. The Balaban J connectivity index is 0. The number of hydrogen-bond acceptors (Lipinski definition) is 2. The number of halogens is 1. The van der Waals surface area contributed by atoms with Crippen LogP contribution in [0.15, 0.2) is 0 Å². The molecule has 0 aliphatic rings. The first kappa shape index (κ1) is 9.85. The van der Waals surface area contributed by atoms with E-state index in [2.05, 4.69) is 0 Å². The molecule has 0 aromatic heterocycles. The Morgan fingerprint density at radius 1 is 1.17 bits per heavy atom. The van der Waals surface area contributed by atoms with Gasteiger partial charge in [0.15, 0.2) is 0 Å². The second-order valence-corrected chi connectivity index (χ2v) is 2.65. The fourth-order valence-electron chi connectivity index (χ4n) is 0. The van der Waals surface area contributed by atoms with Crippen LogP contribution in [0.4, 0.5) is 0 Å². The molecule has 0 aliphatic heterocycles. The molecule has 39 valence electrons. The molecule has 0 unspecified atom stereocenters. The van der Waals surface area contributed by atoms with Crippen molar-refractivity contribution in [2.24, 2.45) is 0 Å². The molecule has 0 amide bonds. The van der Waals surface area contributed by atoms with E-state index in [9.17, 15) is 0 Å². The van der Waals surface area contributed by atoms with Gasteiger partial charge in [0.2, 0.25) is 0 Å². The number of hydrogen-bond donors (Lipinski definition) is 2. The van der Waals surface area contributed by atoms with Crippen molar-refractivity contribution in [1.82, 2.24) is 0 Å². The fraction of sp³-hybridized carbons (Fsp3) is 0. The van der Waals surface area contributed by atoms with Gasteiger partial charge in [0, 0.05) is 17.0 Å². The van der Waals surface area contributed by atoms with E-state index in [0.29, 0.717) is 0 Å². The van der Waals surface area contributed by atoms with E-state index >= 15 is 0 Å². The molecule has 0 saturated heterocycles. The zero-order valence-corrected chi connectivity index (χ0v) is 6.09. The van der Waals surface area contributed by atoms with Crippen LogP contribution in [0, 0.1) is 0 Å². The molecule has 6 heteroatoms. The van der Waals surface area contributed by atoms with Gasteiger partial charge in [0.1, 0.15) is 0 Å². The Labute approximate surface area is 48.3 Å². The van der Waals surface area contributed by atoms with Gasteiger partial charge in [-0.3, -0.25) is 0 Å². The van der Waals surface area contributed by atoms with Gasteiger partial charge >= 0.3 is 31.1 Å². The van der Waals surface area contributed by atoms with Crippen LogP contribution in [0.2, 0.25) is 0 Å². The molecular weight excluding hydrogens is 240 g/mol. The summed E-state index contributed by atoms with van der Waals surface area (Å²) in [5.41, 5.74) is 0. The summed E-state index contributed by atoms with van der Waals surface area (Å²) in [6.07, 6.45) is 0. The topological polar surface area (TPSA) is 74.6 Å². The van der Waals surface area contributed by atoms with Gasteiger partial charge in [-0.2, -0.15) is 0 Å². The van der Waals surface area contributed by atoms with Crippen LogP contribution in [0.25, 0.3) is 0 Å². The summed E-state index contributed by atoms with van der Waals surface area (Å²) in [6, 6.07) is 0. The van der Waals surface area contributed by atoms with Crippen molar-refractivity contribution in [2.45, 2.75) is 0 Å². The number of rotatable bonds is 0. The molecule has 0 rings (SSSR count). The Bertz CT molecular complexity index is 90.7. The summed E-state index contributed by atoms with van der Waals surface area (Å²) in [5, 5.41) is 0. The van der Waals surface area contributed by atoms with Crippen molar-refractivity contribution in [3.05, 3.63) is 0 Å². The van der Waals surface area contributed by atoms with Crippen molar-refractivity contribution < 1.29 is 31.1 Å². The predicted octanol–water partition coefficient (Wildman–Crippen LogP) is -0.508. The Hall–Kier alpha value is 0.688. The standard InChI is InChI=1S/Br.Mo.2H2O.2O/h;;2*1H2;;/q;+2;;;;/p-2. The van der Waals surface area contributed by atoms with Crippen LogP contribution in [0.5, 0.6) is 0 Å². The van der Waals surface area contributed by atoms with Crippen molar-refractivity contribution in [3.63, 3.8) is 0 Å². The minimum atomic E-state index is -5.52. The summed E-state index contributed by atoms with van der Waals surface area (Å²) < 4.78 is 32.0. The van der Waals surface area contributed by atoms with E-state index in [1.807, 2.05) is 0 Å². The van der Waals surface area contributed by atoms with Crippen LogP contribution in [-0.4, -0.2) is 7.52 Å². The average molecular weight is 242 g/mol. The predicted molar refractivity (Wildman–Crippen MR) is 14.7 cm³/mol. The molecule has 0 aliphatic carbocycles. The Morgan fingerprint density at radius 2 is 1.17 bits per heavy atom. The SMILES string of the molecule is [Br].[O]=[Mo](=[O])([OH])[OH]. The van der Waals surface area contributed by atoms with E-state index in [4.69, 9.17) is 14.3 Å². The zero-order chi connectivity index (χ0) is 4.50. The van der Waals surface area contributed by atoms with E-state index in [1.54, 1.807) is 0 Å². The third kappa shape index (κ3) is 135. The maximum absolute atomic E-state index is 8.85. The van der Waals surface area contributed by atoms with E-state index < -0.39 is 16.7 Å². The quantitative estimate of drug-likeness (QED) is 0.561. The second-order valence-electron chi connectivity index (χ2n) is 0.448. The van der Waals surface area contributed by atoms with Gasteiger partial charge in [-0.15, -0.1) is 0 Å². The molecule has 0 atom stereocenters. The molecule has 1 radical (unpaired) electrons. The maximum atomic E-state index is 8.85. The summed E-state index contributed by atoms with van der Waals surface area (Å²) >= 11 is -5.52. The van der Waals surface area contributed by atoms with Gasteiger partial charge in [-0.25, -0.2) is 0 Å². The van der Waals surface area contributed by atoms with Gasteiger partial charge in [-0.05, 0) is 0 Å². The van der Waals surface area contributed by atoms with Crippen LogP contribution < -0.4 is 0 Å². The fourth-order valence-corrected chi connectivity index (χ4v) is 0. The van der Waals surface area contributed by atoms with Crippen molar-refractivity contribution >= 4 is 17.0 Å². The molecule has 2 N–H and O–H groups in total. The Kier molecular flexibility index (Phi) is 4.59. The first-order valence-electron chi connectivity index (χ1n) is 0.698. The zero-order valence-electron chi connectivity index (χ0n) is 2.50. The molecule has 0 spiro atoms.